The van der Waals surface area contributed by atoms with Gasteiger partial charge >= 0.3 is 0 Å². The van der Waals surface area contributed by atoms with Crippen molar-refractivity contribution in [2.45, 2.75) is 26.2 Å². The molecule has 0 radical (unpaired) electrons. The Labute approximate surface area is 175 Å². The molecule has 30 heavy (non-hydrogen) atoms. The zero-order chi connectivity index (χ0) is 21.7. The topological polar surface area (TPSA) is 55.4 Å². The van der Waals surface area contributed by atoms with Gasteiger partial charge in [-0.1, -0.05) is 32.9 Å². The van der Waals surface area contributed by atoms with Crippen LogP contribution < -0.4 is 10.1 Å². The Morgan fingerprint density at radius 3 is 1.90 bits per heavy atom. The lowest BCUT2D eigenvalue weighted by Gasteiger charge is -2.19. The third kappa shape index (κ3) is 5.54. The number of halogens is 1. The maximum atomic E-state index is 13.0. The van der Waals surface area contributed by atoms with Crippen LogP contribution in [0.1, 0.15) is 42.3 Å². The molecule has 1 amide bonds. The molecule has 3 aromatic rings. The van der Waals surface area contributed by atoms with E-state index in [0.29, 0.717) is 22.6 Å². The van der Waals surface area contributed by atoms with Gasteiger partial charge in [-0.05, 0) is 71.6 Å². The van der Waals surface area contributed by atoms with E-state index in [1.54, 1.807) is 24.3 Å². The first-order chi connectivity index (χ1) is 14.2. The van der Waals surface area contributed by atoms with Crippen LogP contribution in [0.3, 0.4) is 0 Å². The summed E-state index contributed by atoms with van der Waals surface area (Å²) in [4.78, 5) is 24.5. The zero-order valence-corrected chi connectivity index (χ0v) is 17.2. The van der Waals surface area contributed by atoms with Crippen molar-refractivity contribution >= 4 is 17.4 Å². The third-order valence-electron chi connectivity index (χ3n) is 4.63. The summed E-state index contributed by atoms with van der Waals surface area (Å²) < 4.78 is 18.5. The SMILES string of the molecule is CC(C)(C)c1ccc(NC(=O)COc2ccc(C(=O)c3ccc(F)cc3)cc2)cc1. The lowest BCUT2D eigenvalue weighted by Crippen LogP contribution is -2.20. The van der Waals surface area contributed by atoms with E-state index in [1.807, 2.05) is 24.3 Å². The summed E-state index contributed by atoms with van der Waals surface area (Å²) in [6.07, 6.45) is 0. The van der Waals surface area contributed by atoms with Gasteiger partial charge in [-0.2, -0.15) is 0 Å². The van der Waals surface area contributed by atoms with Crippen LogP contribution in [-0.2, 0) is 10.2 Å². The molecule has 0 heterocycles. The van der Waals surface area contributed by atoms with E-state index in [0.717, 1.165) is 0 Å². The smallest absolute Gasteiger partial charge is 0.262 e. The van der Waals surface area contributed by atoms with Gasteiger partial charge in [0.05, 0.1) is 0 Å². The summed E-state index contributed by atoms with van der Waals surface area (Å²) >= 11 is 0. The van der Waals surface area contributed by atoms with Crippen molar-refractivity contribution < 1.29 is 18.7 Å². The molecule has 0 aliphatic carbocycles. The quantitative estimate of drug-likeness (QED) is 0.561. The Balaban J connectivity index is 1.54. The van der Waals surface area contributed by atoms with Crippen molar-refractivity contribution in [1.29, 1.82) is 0 Å². The maximum Gasteiger partial charge on any atom is 0.262 e. The van der Waals surface area contributed by atoms with E-state index in [9.17, 15) is 14.0 Å². The highest BCUT2D eigenvalue weighted by Crippen LogP contribution is 2.23. The second-order valence-electron chi connectivity index (χ2n) is 8.02. The summed E-state index contributed by atoms with van der Waals surface area (Å²) in [5.41, 5.74) is 2.80. The predicted molar refractivity (Wildman–Crippen MR) is 116 cm³/mol. The highest BCUT2D eigenvalue weighted by atomic mass is 19.1. The highest BCUT2D eigenvalue weighted by Gasteiger charge is 2.13. The lowest BCUT2D eigenvalue weighted by molar-refractivity contribution is -0.118. The van der Waals surface area contributed by atoms with Gasteiger partial charge in [0.15, 0.2) is 12.4 Å². The molecule has 0 saturated carbocycles. The molecule has 0 spiro atoms. The van der Waals surface area contributed by atoms with Gasteiger partial charge in [0.2, 0.25) is 0 Å². The number of carbonyl (C=O) groups is 2. The van der Waals surface area contributed by atoms with Gasteiger partial charge in [-0.3, -0.25) is 9.59 Å². The average molecular weight is 405 g/mol. The van der Waals surface area contributed by atoms with Crippen molar-refractivity contribution in [2.24, 2.45) is 0 Å². The minimum atomic E-state index is -0.390. The molecule has 0 bridgehead atoms. The fourth-order valence-corrected chi connectivity index (χ4v) is 2.87. The minimum absolute atomic E-state index is 0.0515. The van der Waals surface area contributed by atoms with E-state index in [2.05, 4.69) is 26.1 Å². The van der Waals surface area contributed by atoms with Crippen LogP contribution in [0, 0.1) is 5.82 Å². The Morgan fingerprint density at radius 1 is 0.833 bits per heavy atom. The molecule has 0 aliphatic rings. The molecular formula is C25H24FNO3. The molecule has 0 fully saturated rings. The largest absolute Gasteiger partial charge is 0.484 e. The second-order valence-corrected chi connectivity index (χ2v) is 8.02. The Kier molecular flexibility index (Phi) is 6.31. The van der Waals surface area contributed by atoms with Crippen molar-refractivity contribution in [3.63, 3.8) is 0 Å². The number of rotatable bonds is 6. The molecule has 1 N–H and O–H groups in total. The number of benzene rings is 3. The third-order valence-corrected chi connectivity index (χ3v) is 4.63. The van der Waals surface area contributed by atoms with Crippen LogP contribution in [-0.4, -0.2) is 18.3 Å². The van der Waals surface area contributed by atoms with Crippen molar-refractivity contribution in [2.75, 3.05) is 11.9 Å². The van der Waals surface area contributed by atoms with Crippen LogP contribution >= 0.6 is 0 Å². The number of ether oxygens (including phenoxy) is 1. The standard InChI is InChI=1S/C25H24FNO3/c1-25(2,3)19-8-12-21(13-9-19)27-23(28)16-30-22-14-6-18(7-15-22)24(29)17-4-10-20(26)11-5-17/h4-15H,16H2,1-3H3,(H,27,28). The molecule has 3 aromatic carbocycles. The van der Waals surface area contributed by atoms with Crippen LogP contribution in [0.25, 0.3) is 0 Å². The minimum Gasteiger partial charge on any atom is -0.484 e. The summed E-state index contributed by atoms with van der Waals surface area (Å²) in [5, 5.41) is 2.80. The summed E-state index contributed by atoms with van der Waals surface area (Å²) in [6.45, 7) is 6.25. The van der Waals surface area contributed by atoms with Gasteiger partial charge in [-0.25, -0.2) is 4.39 Å². The molecule has 0 aromatic heterocycles. The Hall–Kier alpha value is -3.47. The fraction of sp³-hybridized carbons (Fsp3) is 0.200. The van der Waals surface area contributed by atoms with Gasteiger partial charge < -0.3 is 10.1 Å². The van der Waals surface area contributed by atoms with E-state index in [1.165, 1.54) is 29.8 Å². The molecule has 0 unspecified atom stereocenters. The van der Waals surface area contributed by atoms with Gasteiger partial charge in [0.25, 0.3) is 5.91 Å². The summed E-state index contributed by atoms with van der Waals surface area (Å²) in [6, 6.07) is 19.6. The first-order valence-corrected chi connectivity index (χ1v) is 9.66. The highest BCUT2D eigenvalue weighted by molar-refractivity contribution is 6.09. The molecule has 0 saturated heterocycles. The number of carbonyl (C=O) groups excluding carboxylic acids is 2. The number of nitrogens with one attached hydrogen (secondary N) is 1. The maximum absolute atomic E-state index is 13.0. The van der Waals surface area contributed by atoms with Crippen LogP contribution in [0.5, 0.6) is 5.75 Å². The molecule has 4 nitrogen and oxygen atoms in total. The van der Waals surface area contributed by atoms with Crippen LogP contribution in [0.2, 0.25) is 0 Å². The van der Waals surface area contributed by atoms with Crippen molar-refractivity contribution in [1.82, 2.24) is 0 Å². The van der Waals surface area contributed by atoms with Gasteiger partial charge in [0.1, 0.15) is 11.6 Å². The molecular weight excluding hydrogens is 381 g/mol. The Morgan fingerprint density at radius 2 is 1.37 bits per heavy atom. The number of amides is 1. The summed E-state index contributed by atoms with van der Waals surface area (Å²) in [5.74, 6) is -0.398. The lowest BCUT2D eigenvalue weighted by atomic mass is 9.87. The molecule has 0 atom stereocenters. The van der Waals surface area contributed by atoms with Crippen molar-refractivity contribution in [3.8, 4) is 5.75 Å². The van der Waals surface area contributed by atoms with E-state index < -0.39 is 5.82 Å². The second kappa shape index (κ2) is 8.91. The number of hydrogen-bond acceptors (Lipinski definition) is 3. The van der Waals surface area contributed by atoms with Crippen LogP contribution in [0.15, 0.2) is 72.8 Å². The first kappa shape index (κ1) is 21.2. The van der Waals surface area contributed by atoms with Gasteiger partial charge in [0, 0.05) is 16.8 Å². The van der Waals surface area contributed by atoms with Crippen LogP contribution in [0.4, 0.5) is 10.1 Å². The first-order valence-electron chi connectivity index (χ1n) is 9.66. The Bertz CT molecular complexity index is 1020. The number of hydrogen-bond donors (Lipinski definition) is 1. The monoisotopic (exact) mass is 405 g/mol. The van der Waals surface area contributed by atoms with Crippen molar-refractivity contribution in [3.05, 3.63) is 95.3 Å². The number of ketones is 1. The normalized spacial score (nSPS) is 11.1. The summed E-state index contributed by atoms with van der Waals surface area (Å²) in [7, 11) is 0. The number of anilines is 1. The molecule has 5 heteroatoms. The predicted octanol–water partition coefficient (Wildman–Crippen LogP) is 5.37. The van der Waals surface area contributed by atoms with E-state index >= 15 is 0 Å². The van der Waals surface area contributed by atoms with Gasteiger partial charge in [-0.15, -0.1) is 0 Å². The molecule has 3 rings (SSSR count). The zero-order valence-electron chi connectivity index (χ0n) is 17.2. The van der Waals surface area contributed by atoms with E-state index in [-0.39, 0.29) is 23.7 Å². The molecule has 0 aliphatic heterocycles. The van der Waals surface area contributed by atoms with E-state index in [4.69, 9.17) is 4.74 Å². The fourth-order valence-electron chi connectivity index (χ4n) is 2.87. The average Bonchev–Trinajstić information content (AvgIpc) is 2.72. The molecule has 154 valence electrons.